The Balaban J connectivity index is 2.08. The Bertz CT molecular complexity index is 455. The fourth-order valence-electron chi connectivity index (χ4n) is 3.06. The number of nitrogens with one attached hydrogen (secondary N) is 1. The van der Waals surface area contributed by atoms with Gasteiger partial charge in [-0.3, -0.25) is 4.79 Å². The van der Waals surface area contributed by atoms with Gasteiger partial charge in [-0.25, -0.2) is 0 Å². The molecule has 2 rings (SSSR count). The zero-order chi connectivity index (χ0) is 15.2. The fourth-order valence-corrected chi connectivity index (χ4v) is 3.06. The Morgan fingerprint density at radius 2 is 2.00 bits per heavy atom. The van der Waals surface area contributed by atoms with Crippen LogP contribution in [0.25, 0.3) is 0 Å². The molecule has 2 atom stereocenters. The SMILES string of the molecule is CCNC(CN1CCCC(C)C1=O)c1ccc(CC)cc1. The number of nitrogens with zero attached hydrogens (tertiary/aromatic N) is 1. The van der Waals surface area contributed by atoms with E-state index >= 15 is 0 Å². The van der Waals surface area contributed by atoms with Crippen LogP contribution >= 0.6 is 0 Å². The lowest BCUT2D eigenvalue weighted by molar-refractivity contribution is -0.138. The third-order valence-corrected chi connectivity index (χ3v) is 4.44. The third-order valence-electron chi connectivity index (χ3n) is 4.44. The van der Waals surface area contributed by atoms with Gasteiger partial charge in [-0.1, -0.05) is 45.0 Å². The van der Waals surface area contributed by atoms with Crippen molar-refractivity contribution in [2.45, 2.75) is 46.1 Å². The van der Waals surface area contributed by atoms with Gasteiger partial charge in [0.1, 0.15) is 0 Å². The van der Waals surface area contributed by atoms with Crippen molar-refractivity contribution in [1.82, 2.24) is 10.2 Å². The Morgan fingerprint density at radius 3 is 2.62 bits per heavy atom. The molecule has 3 heteroatoms. The average Bonchev–Trinajstić information content (AvgIpc) is 2.51. The molecule has 0 spiro atoms. The summed E-state index contributed by atoms with van der Waals surface area (Å²) >= 11 is 0. The van der Waals surface area contributed by atoms with Crippen LogP contribution in [0.15, 0.2) is 24.3 Å². The largest absolute Gasteiger partial charge is 0.341 e. The molecule has 1 aliphatic heterocycles. The van der Waals surface area contributed by atoms with E-state index < -0.39 is 0 Å². The molecule has 0 aliphatic carbocycles. The number of likely N-dealkylation sites (N-methyl/N-ethyl adjacent to an activating group) is 1. The van der Waals surface area contributed by atoms with Gasteiger partial charge in [-0.05, 0) is 36.9 Å². The maximum absolute atomic E-state index is 12.3. The summed E-state index contributed by atoms with van der Waals surface area (Å²) in [6.07, 6.45) is 3.22. The summed E-state index contributed by atoms with van der Waals surface area (Å²) in [5, 5.41) is 3.53. The molecular formula is C18H28N2O. The first kappa shape index (κ1) is 16.0. The molecule has 21 heavy (non-hydrogen) atoms. The average molecular weight is 288 g/mol. The molecule has 1 aromatic rings. The minimum absolute atomic E-state index is 0.184. The van der Waals surface area contributed by atoms with E-state index in [9.17, 15) is 4.79 Å². The van der Waals surface area contributed by atoms with Crippen molar-refractivity contribution in [3.8, 4) is 0 Å². The van der Waals surface area contributed by atoms with Crippen molar-refractivity contribution < 1.29 is 4.79 Å². The van der Waals surface area contributed by atoms with Crippen LogP contribution in [-0.2, 0) is 11.2 Å². The number of aryl methyl sites for hydroxylation is 1. The van der Waals surface area contributed by atoms with Gasteiger partial charge in [0.25, 0.3) is 0 Å². The lowest BCUT2D eigenvalue weighted by Gasteiger charge is -2.34. The molecule has 0 radical (unpaired) electrons. The number of carbonyl (C=O) groups excluding carboxylic acids is 1. The predicted octanol–water partition coefficient (Wildman–Crippen LogP) is 3.16. The minimum Gasteiger partial charge on any atom is -0.341 e. The van der Waals surface area contributed by atoms with Crippen LogP contribution in [0.2, 0.25) is 0 Å². The molecule has 3 nitrogen and oxygen atoms in total. The monoisotopic (exact) mass is 288 g/mol. The van der Waals surface area contributed by atoms with E-state index in [4.69, 9.17) is 0 Å². The van der Waals surface area contributed by atoms with Crippen molar-refractivity contribution in [3.05, 3.63) is 35.4 Å². The van der Waals surface area contributed by atoms with Crippen LogP contribution in [0.3, 0.4) is 0 Å². The molecule has 1 N–H and O–H groups in total. The van der Waals surface area contributed by atoms with E-state index in [0.29, 0.717) is 5.91 Å². The smallest absolute Gasteiger partial charge is 0.225 e. The molecule has 1 amide bonds. The molecule has 0 bridgehead atoms. The van der Waals surface area contributed by atoms with Gasteiger partial charge >= 0.3 is 0 Å². The molecule has 1 aromatic carbocycles. The Morgan fingerprint density at radius 1 is 1.29 bits per heavy atom. The Labute approximate surface area is 128 Å². The van der Waals surface area contributed by atoms with E-state index in [0.717, 1.165) is 38.9 Å². The molecule has 116 valence electrons. The normalized spacial score (nSPS) is 20.6. The highest BCUT2D eigenvalue weighted by Gasteiger charge is 2.27. The second-order valence-corrected chi connectivity index (χ2v) is 6.03. The molecular weight excluding hydrogens is 260 g/mol. The van der Waals surface area contributed by atoms with Gasteiger partial charge in [0, 0.05) is 25.0 Å². The van der Waals surface area contributed by atoms with Gasteiger partial charge in [0.15, 0.2) is 0 Å². The fraction of sp³-hybridized carbons (Fsp3) is 0.611. The van der Waals surface area contributed by atoms with Crippen molar-refractivity contribution in [3.63, 3.8) is 0 Å². The van der Waals surface area contributed by atoms with Gasteiger partial charge < -0.3 is 10.2 Å². The molecule has 1 aliphatic rings. The second kappa shape index (κ2) is 7.60. The van der Waals surface area contributed by atoms with Crippen molar-refractivity contribution >= 4 is 5.91 Å². The summed E-state index contributed by atoms with van der Waals surface area (Å²) < 4.78 is 0. The molecule has 1 fully saturated rings. The van der Waals surface area contributed by atoms with E-state index in [2.05, 4.69) is 43.4 Å². The lowest BCUT2D eigenvalue weighted by Crippen LogP contribution is -2.44. The summed E-state index contributed by atoms with van der Waals surface area (Å²) in [4.78, 5) is 14.3. The molecule has 2 unspecified atom stereocenters. The van der Waals surface area contributed by atoms with Crippen LogP contribution in [0.1, 0.15) is 50.8 Å². The quantitative estimate of drug-likeness (QED) is 0.872. The number of amides is 1. The first-order chi connectivity index (χ1) is 10.2. The number of likely N-dealkylation sites (tertiary alicyclic amines) is 1. The first-order valence-corrected chi connectivity index (χ1v) is 8.26. The van der Waals surface area contributed by atoms with Gasteiger partial charge in [-0.2, -0.15) is 0 Å². The summed E-state index contributed by atoms with van der Waals surface area (Å²) in [5.41, 5.74) is 2.64. The second-order valence-electron chi connectivity index (χ2n) is 6.03. The number of piperidine rings is 1. The van der Waals surface area contributed by atoms with E-state index in [1.165, 1.54) is 11.1 Å². The summed E-state index contributed by atoms with van der Waals surface area (Å²) in [6, 6.07) is 9.02. The highest BCUT2D eigenvalue weighted by Crippen LogP contribution is 2.22. The van der Waals surface area contributed by atoms with Gasteiger partial charge in [0.05, 0.1) is 0 Å². The van der Waals surface area contributed by atoms with Crippen LogP contribution in [-0.4, -0.2) is 30.4 Å². The van der Waals surface area contributed by atoms with E-state index in [1.807, 2.05) is 11.8 Å². The van der Waals surface area contributed by atoms with Gasteiger partial charge in [0.2, 0.25) is 5.91 Å². The van der Waals surface area contributed by atoms with Crippen LogP contribution in [0.4, 0.5) is 0 Å². The number of hydrogen-bond donors (Lipinski definition) is 1. The Hall–Kier alpha value is -1.35. The Kier molecular flexibility index (Phi) is 5.80. The van der Waals surface area contributed by atoms with E-state index in [-0.39, 0.29) is 12.0 Å². The van der Waals surface area contributed by atoms with Crippen LogP contribution < -0.4 is 5.32 Å². The lowest BCUT2D eigenvalue weighted by atomic mass is 9.97. The first-order valence-electron chi connectivity index (χ1n) is 8.26. The minimum atomic E-state index is 0.184. The maximum Gasteiger partial charge on any atom is 0.225 e. The standard InChI is InChI=1S/C18H28N2O/c1-4-15-8-10-16(11-9-15)17(19-5-2)13-20-12-6-7-14(3)18(20)21/h8-11,14,17,19H,4-7,12-13H2,1-3H3. The summed E-state index contributed by atoms with van der Waals surface area (Å²) in [5.74, 6) is 0.498. The highest BCUT2D eigenvalue weighted by atomic mass is 16.2. The number of rotatable bonds is 6. The molecule has 0 aromatic heterocycles. The number of benzene rings is 1. The molecule has 1 heterocycles. The predicted molar refractivity (Wildman–Crippen MR) is 87.2 cm³/mol. The molecule has 1 saturated heterocycles. The van der Waals surface area contributed by atoms with Crippen molar-refractivity contribution in [2.75, 3.05) is 19.6 Å². The summed E-state index contributed by atoms with van der Waals surface area (Å²) in [7, 11) is 0. The van der Waals surface area contributed by atoms with Crippen molar-refractivity contribution in [1.29, 1.82) is 0 Å². The van der Waals surface area contributed by atoms with Crippen LogP contribution in [0.5, 0.6) is 0 Å². The number of carbonyl (C=O) groups is 1. The zero-order valence-electron chi connectivity index (χ0n) is 13.6. The highest BCUT2D eigenvalue weighted by molar-refractivity contribution is 5.79. The zero-order valence-corrected chi connectivity index (χ0v) is 13.6. The van der Waals surface area contributed by atoms with Gasteiger partial charge in [-0.15, -0.1) is 0 Å². The van der Waals surface area contributed by atoms with Crippen molar-refractivity contribution in [2.24, 2.45) is 5.92 Å². The van der Waals surface area contributed by atoms with Crippen LogP contribution in [0, 0.1) is 5.92 Å². The molecule has 0 saturated carbocycles. The van der Waals surface area contributed by atoms with E-state index in [1.54, 1.807) is 0 Å². The maximum atomic E-state index is 12.3. The number of hydrogen-bond acceptors (Lipinski definition) is 2. The topological polar surface area (TPSA) is 32.3 Å². The third kappa shape index (κ3) is 4.07. The summed E-state index contributed by atoms with van der Waals surface area (Å²) in [6.45, 7) is 8.93.